The first kappa shape index (κ1) is 34.0. The van der Waals surface area contributed by atoms with E-state index in [4.69, 9.17) is 17.3 Å². The van der Waals surface area contributed by atoms with Crippen LogP contribution in [0.2, 0.25) is 5.02 Å². The summed E-state index contributed by atoms with van der Waals surface area (Å²) in [5, 5.41) is 4.26. The first-order valence-corrected chi connectivity index (χ1v) is 17.1. The molecule has 6 rings (SSSR count). The summed E-state index contributed by atoms with van der Waals surface area (Å²) in [6.45, 7) is 3.92. The molecule has 3 N–H and O–H groups in total. The van der Waals surface area contributed by atoms with Gasteiger partial charge in [0.2, 0.25) is 11.8 Å². The van der Waals surface area contributed by atoms with Crippen LogP contribution in [-0.2, 0) is 22.2 Å². The molecule has 3 saturated heterocycles. The zero-order chi connectivity index (χ0) is 34.0. The first-order valence-electron chi connectivity index (χ1n) is 16.7. The van der Waals surface area contributed by atoms with Crippen LogP contribution in [0.4, 0.5) is 18.9 Å². The number of likely N-dealkylation sites (tertiary alicyclic amines) is 3. The number of amides is 2. The van der Waals surface area contributed by atoms with Gasteiger partial charge in [-0.2, -0.15) is 13.2 Å². The summed E-state index contributed by atoms with van der Waals surface area (Å²) in [5.41, 5.74) is 4.71. The number of aromatic amines is 1. The number of hydrogen-bond donors (Lipinski definition) is 2. The van der Waals surface area contributed by atoms with E-state index in [1.165, 1.54) is 23.6 Å². The lowest BCUT2D eigenvalue weighted by atomic mass is 9.91. The summed E-state index contributed by atoms with van der Waals surface area (Å²) in [7, 11) is 0. The van der Waals surface area contributed by atoms with Crippen molar-refractivity contribution in [3.05, 3.63) is 69.1 Å². The van der Waals surface area contributed by atoms with Crippen molar-refractivity contribution in [1.29, 1.82) is 0 Å². The highest BCUT2D eigenvalue weighted by molar-refractivity contribution is 6.33. The number of nitrogens with one attached hydrogen (secondary N) is 1. The highest BCUT2D eigenvalue weighted by atomic mass is 35.5. The lowest BCUT2D eigenvalue weighted by Crippen LogP contribution is -2.48. The third kappa shape index (κ3) is 7.57. The number of benzene rings is 2. The number of nitrogen functional groups attached to an aromatic ring is 1. The van der Waals surface area contributed by atoms with Crippen molar-refractivity contribution in [1.82, 2.24) is 29.5 Å². The number of hydrogen-bond acceptors (Lipinski definition) is 6. The van der Waals surface area contributed by atoms with Gasteiger partial charge in [-0.3, -0.25) is 14.6 Å². The average molecular weight is 688 g/mol. The lowest BCUT2D eigenvalue weighted by molar-refractivity contribution is -0.143. The molecule has 0 radical (unpaired) electrons. The Morgan fingerprint density at radius 3 is 2.21 bits per heavy atom. The normalized spacial score (nSPS) is 19.2. The molecule has 258 valence electrons. The van der Waals surface area contributed by atoms with E-state index in [1.54, 1.807) is 9.80 Å². The minimum absolute atomic E-state index is 0.0822. The van der Waals surface area contributed by atoms with E-state index in [-0.39, 0.29) is 47.0 Å². The predicted octanol–water partition coefficient (Wildman–Crippen LogP) is 4.99. The van der Waals surface area contributed by atoms with Gasteiger partial charge in [-0.1, -0.05) is 41.9 Å². The summed E-state index contributed by atoms with van der Waals surface area (Å²) in [4.78, 5) is 49.1. The molecule has 3 aliphatic rings. The first-order chi connectivity index (χ1) is 23.0. The Balaban J connectivity index is 1.15. The molecule has 2 amide bonds. The number of carbonyl (C=O) groups is 2. The van der Waals surface area contributed by atoms with Crippen molar-refractivity contribution in [3.63, 3.8) is 0 Å². The number of piperidine rings is 2. The van der Waals surface area contributed by atoms with Crippen LogP contribution in [0.25, 0.3) is 11.4 Å². The Morgan fingerprint density at radius 1 is 0.938 bits per heavy atom. The molecule has 0 unspecified atom stereocenters. The molecule has 0 saturated carbocycles. The Bertz CT molecular complexity index is 1660. The maximum Gasteiger partial charge on any atom is 0.418 e. The smallest absolute Gasteiger partial charge is 0.397 e. The molecule has 0 bridgehead atoms. The van der Waals surface area contributed by atoms with Gasteiger partial charge >= 0.3 is 11.9 Å². The number of nitrogens with zero attached hydrogens (tertiary/aromatic N) is 5. The van der Waals surface area contributed by atoms with E-state index in [9.17, 15) is 27.6 Å². The van der Waals surface area contributed by atoms with Gasteiger partial charge in [-0.05, 0) is 75.7 Å². The standard InChI is InChI=1S/C34H41ClF3N7O3/c35-28-20-22(19-27(30(28)39)34(36,37)38)18-24(32(47)44-16-8-25(9-17-44)42-12-4-5-13-42)21-29(46)43-14-10-26(11-15-43)45-33(48)40-31(41-45)23-6-2-1-3-7-23/h1-3,6-7,19-20,24-26H,4-5,8-18,21,39H2,(H,40,41,48)/t24-/m0/s1. The second-order valence-electron chi connectivity index (χ2n) is 13.1. The van der Waals surface area contributed by atoms with Gasteiger partial charge in [-0.15, -0.1) is 5.10 Å². The van der Waals surface area contributed by atoms with Gasteiger partial charge in [0.15, 0.2) is 5.82 Å². The van der Waals surface area contributed by atoms with Crippen molar-refractivity contribution in [2.24, 2.45) is 5.92 Å². The predicted molar refractivity (Wildman–Crippen MR) is 176 cm³/mol. The van der Waals surface area contributed by atoms with Gasteiger partial charge in [0.25, 0.3) is 0 Å². The Labute approximate surface area is 282 Å². The van der Waals surface area contributed by atoms with Crippen molar-refractivity contribution in [2.75, 3.05) is 45.0 Å². The molecular formula is C34H41ClF3N7O3. The summed E-state index contributed by atoms with van der Waals surface area (Å²) in [6.07, 6.45) is 0.0373. The lowest BCUT2D eigenvalue weighted by Gasteiger charge is -2.38. The SMILES string of the molecule is Nc1c(Cl)cc(C[C@@H](CC(=O)N2CCC(n3nc(-c4ccccc4)[nH]c3=O)CC2)C(=O)N2CCC(N3CCCC3)CC2)cc1C(F)(F)F. The number of rotatable bonds is 8. The fraction of sp³-hybridized carbons (Fsp3) is 0.529. The maximum absolute atomic E-state index is 14.0. The van der Waals surface area contributed by atoms with Crippen LogP contribution in [-0.4, -0.2) is 86.6 Å². The Hall–Kier alpha value is -3.84. The highest BCUT2D eigenvalue weighted by Gasteiger charge is 2.37. The quantitative estimate of drug-likeness (QED) is 0.322. The van der Waals surface area contributed by atoms with E-state index in [0.717, 1.165) is 37.6 Å². The van der Waals surface area contributed by atoms with Gasteiger partial charge in [0.05, 0.1) is 28.2 Å². The van der Waals surface area contributed by atoms with Crippen molar-refractivity contribution >= 4 is 29.1 Å². The summed E-state index contributed by atoms with van der Waals surface area (Å²) < 4.78 is 42.8. The summed E-state index contributed by atoms with van der Waals surface area (Å²) in [5.74, 6) is -0.894. The van der Waals surface area contributed by atoms with Crippen molar-refractivity contribution in [2.45, 2.75) is 69.6 Å². The van der Waals surface area contributed by atoms with E-state index in [2.05, 4.69) is 15.0 Å². The largest absolute Gasteiger partial charge is 0.418 e. The number of H-pyrrole nitrogens is 1. The molecule has 48 heavy (non-hydrogen) atoms. The molecule has 0 aliphatic carbocycles. The third-order valence-corrected chi connectivity index (χ3v) is 10.3. The summed E-state index contributed by atoms with van der Waals surface area (Å²) in [6, 6.07) is 11.8. The Morgan fingerprint density at radius 2 is 1.56 bits per heavy atom. The fourth-order valence-corrected chi connectivity index (χ4v) is 7.63. The molecule has 10 nitrogen and oxygen atoms in total. The van der Waals surface area contributed by atoms with E-state index < -0.39 is 23.3 Å². The number of aromatic nitrogens is 3. The molecule has 0 spiro atoms. The number of halogens is 4. The van der Waals surface area contributed by atoms with Crippen LogP contribution in [0.1, 0.15) is 62.1 Å². The zero-order valence-electron chi connectivity index (χ0n) is 26.7. The molecule has 2 aromatic carbocycles. The van der Waals surface area contributed by atoms with Crippen LogP contribution in [0, 0.1) is 5.92 Å². The van der Waals surface area contributed by atoms with Gasteiger partial charge in [-0.25, -0.2) is 9.48 Å². The van der Waals surface area contributed by atoms with Crippen LogP contribution >= 0.6 is 11.6 Å². The highest BCUT2D eigenvalue weighted by Crippen LogP contribution is 2.38. The summed E-state index contributed by atoms with van der Waals surface area (Å²) >= 11 is 6.12. The van der Waals surface area contributed by atoms with Gasteiger partial charge in [0, 0.05) is 44.2 Å². The number of carbonyl (C=O) groups excluding carboxylic acids is 2. The molecule has 3 aliphatic heterocycles. The van der Waals surface area contributed by atoms with Gasteiger partial charge in [0.1, 0.15) is 0 Å². The van der Waals surface area contributed by atoms with Gasteiger partial charge < -0.3 is 20.4 Å². The van der Waals surface area contributed by atoms with Crippen molar-refractivity contribution < 1.29 is 22.8 Å². The zero-order valence-corrected chi connectivity index (χ0v) is 27.5. The van der Waals surface area contributed by atoms with Crippen molar-refractivity contribution in [3.8, 4) is 11.4 Å². The minimum atomic E-state index is -4.72. The topological polar surface area (TPSA) is 121 Å². The second-order valence-corrected chi connectivity index (χ2v) is 13.5. The number of anilines is 1. The van der Waals surface area contributed by atoms with E-state index >= 15 is 0 Å². The number of alkyl halides is 3. The fourth-order valence-electron chi connectivity index (χ4n) is 7.38. The molecule has 1 atom stereocenters. The third-order valence-electron chi connectivity index (χ3n) is 10.0. The molecule has 1 aromatic heterocycles. The van der Waals surface area contributed by atoms with Crippen LogP contribution in [0.15, 0.2) is 47.3 Å². The molecule has 3 fully saturated rings. The maximum atomic E-state index is 14.0. The number of nitrogens with two attached hydrogens (primary N) is 1. The molecule has 3 aromatic rings. The monoisotopic (exact) mass is 687 g/mol. The molecular weight excluding hydrogens is 647 g/mol. The molecule has 14 heteroatoms. The minimum Gasteiger partial charge on any atom is -0.397 e. The van der Waals surface area contributed by atoms with E-state index in [1.807, 2.05) is 30.3 Å². The van der Waals surface area contributed by atoms with Crippen LogP contribution < -0.4 is 11.4 Å². The van der Waals surface area contributed by atoms with E-state index in [0.29, 0.717) is 50.9 Å². The average Bonchev–Trinajstić information content (AvgIpc) is 3.76. The Kier molecular flexibility index (Phi) is 10.2. The molecule has 4 heterocycles. The second kappa shape index (κ2) is 14.3. The van der Waals surface area contributed by atoms with Crippen LogP contribution in [0.5, 0.6) is 0 Å². The van der Waals surface area contributed by atoms with Crippen LogP contribution in [0.3, 0.4) is 0 Å².